The summed E-state index contributed by atoms with van der Waals surface area (Å²) < 4.78 is 1.73. The molecule has 0 radical (unpaired) electrons. The molecule has 0 saturated heterocycles. The van der Waals surface area contributed by atoms with Crippen LogP contribution < -0.4 is 5.32 Å². The first-order chi connectivity index (χ1) is 14.2. The number of amides is 1. The number of para-hydroxylation sites is 1. The molecule has 0 atom stereocenters. The Kier molecular flexibility index (Phi) is 6.12. The van der Waals surface area contributed by atoms with Crippen molar-refractivity contribution < 1.29 is 4.79 Å². The van der Waals surface area contributed by atoms with Crippen LogP contribution in [0.15, 0.2) is 53.2 Å². The van der Waals surface area contributed by atoms with Gasteiger partial charge in [0.05, 0.1) is 15.6 Å². The molecule has 0 unspecified atom stereocenters. The third-order valence-corrected chi connectivity index (χ3v) is 6.21. The number of thiazole rings is 1. The zero-order chi connectivity index (χ0) is 20.1. The Morgan fingerprint density at radius 2 is 1.93 bits per heavy atom. The molecule has 0 spiro atoms. The molecule has 3 heterocycles. The molecular formula is C21H21N5OS2. The van der Waals surface area contributed by atoms with Crippen molar-refractivity contribution in [3.05, 3.63) is 69.8 Å². The lowest BCUT2D eigenvalue weighted by Crippen LogP contribution is -2.25. The highest BCUT2D eigenvalue weighted by Crippen LogP contribution is 2.25. The van der Waals surface area contributed by atoms with Crippen molar-refractivity contribution in [1.29, 1.82) is 0 Å². The molecule has 3 aromatic heterocycles. The molecule has 148 valence electrons. The van der Waals surface area contributed by atoms with Crippen molar-refractivity contribution in [2.75, 3.05) is 6.54 Å². The van der Waals surface area contributed by atoms with Gasteiger partial charge in [0.25, 0.3) is 5.91 Å². The van der Waals surface area contributed by atoms with Crippen LogP contribution >= 0.6 is 22.7 Å². The van der Waals surface area contributed by atoms with Crippen molar-refractivity contribution in [3.8, 4) is 16.4 Å². The first kappa shape index (κ1) is 19.5. The van der Waals surface area contributed by atoms with Crippen LogP contribution in [0.25, 0.3) is 16.4 Å². The second-order valence-electron chi connectivity index (χ2n) is 6.58. The van der Waals surface area contributed by atoms with Crippen molar-refractivity contribution >= 4 is 28.6 Å². The summed E-state index contributed by atoms with van der Waals surface area (Å²) in [5, 5.41) is 12.6. The van der Waals surface area contributed by atoms with Gasteiger partial charge in [0, 0.05) is 17.6 Å². The third kappa shape index (κ3) is 4.78. The number of carbonyl (C=O) groups is 1. The largest absolute Gasteiger partial charge is 0.349 e. The molecule has 1 N–H and O–H groups in total. The van der Waals surface area contributed by atoms with Gasteiger partial charge in [-0.1, -0.05) is 24.3 Å². The van der Waals surface area contributed by atoms with Crippen LogP contribution in [-0.2, 0) is 6.42 Å². The zero-order valence-electron chi connectivity index (χ0n) is 16.0. The second-order valence-corrected chi connectivity index (χ2v) is 8.47. The maximum atomic E-state index is 12.6. The van der Waals surface area contributed by atoms with E-state index in [0.717, 1.165) is 40.5 Å². The number of nitrogens with one attached hydrogen (secondary N) is 1. The summed E-state index contributed by atoms with van der Waals surface area (Å²) in [7, 11) is 0. The average molecular weight is 424 g/mol. The molecule has 0 aliphatic heterocycles. The lowest BCUT2D eigenvalue weighted by Gasteiger charge is -2.03. The summed E-state index contributed by atoms with van der Waals surface area (Å²) in [6.45, 7) is 2.60. The summed E-state index contributed by atoms with van der Waals surface area (Å²) in [5.41, 5.74) is 1.95. The minimum Gasteiger partial charge on any atom is -0.349 e. The highest BCUT2D eigenvalue weighted by Gasteiger charge is 2.19. The molecule has 8 heteroatoms. The number of unbranched alkanes of at least 4 members (excludes halogenated alkanes) is 1. The van der Waals surface area contributed by atoms with Gasteiger partial charge < -0.3 is 5.32 Å². The number of aryl methyl sites for hydroxylation is 2. The van der Waals surface area contributed by atoms with E-state index < -0.39 is 0 Å². The Bertz CT molecular complexity index is 1070. The van der Waals surface area contributed by atoms with Gasteiger partial charge in [-0.2, -0.15) is 0 Å². The van der Waals surface area contributed by atoms with Gasteiger partial charge in [-0.15, -0.1) is 27.8 Å². The number of benzene rings is 1. The topological polar surface area (TPSA) is 72.7 Å². The van der Waals surface area contributed by atoms with Crippen LogP contribution in [0.1, 0.15) is 34.2 Å². The minimum atomic E-state index is -0.248. The number of nitrogens with zero attached hydrogens (tertiary/aromatic N) is 4. The molecule has 0 bridgehead atoms. The molecule has 1 amide bonds. The standard InChI is InChI=1S/C21H21N5OS2/c1-15-14-29-18(23-15)11-5-6-12-22-21(27)19-24-20(17-10-7-13-28-17)26(25-19)16-8-3-2-4-9-16/h2-4,7-10,13-14H,5-6,11-12H2,1H3,(H,22,27). The molecule has 6 nitrogen and oxygen atoms in total. The molecule has 0 saturated carbocycles. The van der Waals surface area contributed by atoms with E-state index in [1.54, 1.807) is 27.4 Å². The van der Waals surface area contributed by atoms with E-state index in [9.17, 15) is 4.79 Å². The monoisotopic (exact) mass is 423 g/mol. The van der Waals surface area contributed by atoms with Gasteiger partial charge in [0.2, 0.25) is 5.82 Å². The van der Waals surface area contributed by atoms with Gasteiger partial charge in [-0.05, 0) is 49.8 Å². The summed E-state index contributed by atoms with van der Waals surface area (Å²) in [6.07, 6.45) is 2.82. The van der Waals surface area contributed by atoms with E-state index in [1.165, 1.54) is 0 Å². The average Bonchev–Trinajstić information content (AvgIpc) is 3.48. The van der Waals surface area contributed by atoms with E-state index >= 15 is 0 Å². The van der Waals surface area contributed by atoms with Crippen molar-refractivity contribution in [3.63, 3.8) is 0 Å². The fourth-order valence-corrected chi connectivity index (χ4v) is 4.44. The lowest BCUT2D eigenvalue weighted by atomic mass is 10.2. The molecule has 0 aliphatic rings. The van der Waals surface area contributed by atoms with E-state index in [2.05, 4.69) is 25.8 Å². The molecule has 29 heavy (non-hydrogen) atoms. The van der Waals surface area contributed by atoms with Gasteiger partial charge in [-0.25, -0.2) is 14.6 Å². The van der Waals surface area contributed by atoms with E-state index in [1.807, 2.05) is 54.8 Å². The first-order valence-electron chi connectivity index (χ1n) is 9.46. The maximum absolute atomic E-state index is 12.6. The van der Waals surface area contributed by atoms with Gasteiger partial charge >= 0.3 is 0 Å². The van der Waals surface area contributed by atoms with Crippen LogP contribution in [0, 0.1) is 6.92 Å². The quantitative estimate of drug-likeness (QED) is 0.423. The molecule has 0 fully saturated rings. The Balaban J connectivity index is 1.40. The Labute approximate surface area is 177 Å². The number of aromatic nitrogens is 4. The van der Waals surface area contributed by atoms with Crippen molar-refractivity contribution in [2.24, 2.45) is 0 Å². The fraction of sp³-hybridized carbons (Fsp3) is 0.238. The SMILES string of the molecule is Cc1csc(CCCCNC(=O)c2nc(-c3cccs3)n(-c3ccccc3)n2)n1. The van der Waals surface area contributed by atoms with Gasteiger partial charge in [0.1, 0.15) is 0 Å². The minimum absolute atomic E-state index is 0.188. The normalized spacial score (nSPS) is 10.9. The van der Waals surface area contributed by atoms with Gasteiger partial charge in [0.15, 0.2) is 5.82 Å². The summed E-state index contributed by atoms with van der Waals surface area (Å²) >= 11 is 3.27. The second kappa shape index (κ2) is 9.11. The summed E-state index contributed by atoms with van der Waals surface area (Å²) in [5.74, 6) is 0.617. The Morgan fingerprint density at radius 3 is 2.66 bits per heavy atom. The number of carbonyl (C=O) groups excluding carboxylic acids is 1. The number of rotatable bonds is 8. The summed E-state index contributed by atoms with van der Waals surface area (Å²) in [4.78, 5) is 22.5. The number of hydrogen-bond donors (Lipinski definition) is 1. The highest BCUT2D eigenvalue weighted by molar-refractivity contribution is 7.13. The Hall–Kier alpha value is -2.84. The molecule has 0 aliphatic carbocycles. The lowest BCUT2D eigenvalue weighted by molar-refractivity contribution is 0.0942. The molecular weight excluding hydrogens is 402 g/mol. The van der Waals surface area contributed by atoms with Gasteiger partial charge in [-0.3, -0.25) is 4.79 Å². The van der Waals surface area contributed by atoms with Crippen molar-refractivity contribution in [1.82, 2.24) is 25.1 Å². The van der Waals surface area contributed by atoms with Crippen LogP contribution in [0.3, 0.4) is 0 Å². The Morgan fingerprint density at radius 1 is 1.07 bits per heavy atom. The fourth-order valence-electron chi connectivity index (χ4n) is 2.92. The maximum Gasteiger partial charge on any atom is 0.290 e. The van der Waals surface area contributed by atoms with E-state index in [-0.39, 0.29) is 11.7 Å². The molecule has 1 aromatic carbocycles. The zero-order valence-corrected chi connectivity index (χ0v) is 17.7. The van der Waals surface area contributed by atoms with Crippen LogP contribution in [0.2, 0.25) is 0 Å². The van der Waals surface area contributed by atoms with Crippen molar-refractivity contribution in [2.45, 2.75) is 26.2 Å². The molecule has 4 aromatic rings. The third-order valence-electron chi connectivity index (χ3n) is 4.32. The van der Waals surface area contributed by atoms with E-state index in [4.69, 9.17) is 0 Å². The first-order valence-corrected chi connectivity index (χ1v) is 11.2. The van der Waals surface area contributed by atoms with E-state index in [0.29, 0.717) is 12.4 Å². The predicted molar refractivity (Wildman–Crippen MR) is 117 cm³/mol. The number of hydrogen-bond acceptors (Lipinski definition) is 6. The number of thiophene rings is 1. The predicted octanol–water partition coefficient (Wildman–Crippen LogP) is 4.51. The smallest absolute Gasteiger partial charge is 0.290 e. The van der Waals surface area contributed by atoms with Crippen LogP contribution in [0.4, 0.5) is 0 Å². The summed E-state index contributed by atoms with van der Waals surface area (Å²) in [6, 6.07) is 13.7. The van der Waals surface area contributed by atoms with Crippen LogP contribution in [0.5, 0.6) is 0 Å². The highest BCUT2D eigenvalue weighted by atomic mass is 32.1. The van der Waals surface area contributed by atoms with Crippen LogP contribution in [-0.4, -0.2) is 32.2 Å². The molecule has 4 rings (SSSR count).